The summed E-state index contributed by atoms with van der Waals surface area (Å²) in [5, 5.41) is 3.15. The average Bonchev–Trinajstić information content (AvgIpc) is 2.89. The number of pyridine rings is 1. The smallest absolute Gasteiger partial charge is 0.417 e. The normalized spacial score (nSPS) is 13.9. The number of halogens is 3. The molecule has 0 radical (unpaired) electrons. The van der Waals surface area contributed by atoms with Crippen molar-refractivity contribution in [2.45, 2.75) is 13.1 Å². The molecule has 0 unspecified atom stereocenters. The highest BCUT2D eigenvalue weighted by Gasteiger charge is 2.36. The highest BCUT2D eigenvalue weighted by atomic mass is 19.4. The third-order valence-corrected chi connectivity index (χ3v) is 5.78. The lowest BCUT2D eigenvalue weighted by Gasteiger charge is -2.35. The molecule has 1 N–H and O–H groups in total. The summed E-state index contributed by atoms with van der Waals surface area (Å²) in [4.78, 5) is 33.3. The van der Waals surface area contributed by atoms with Gasteiger partial charge in [-0.15, -0.1) is 0 Å². The number of hydrogen-bond acceptors (Lipinski definition) is 5. The number of amides is 2. The van der Waals surface area contributed by atoms with Crippen LogP contribution >= 0.6 is 0 Å². The number of carbonyl (C=O) groups is 2. The Morgan fingerprint density at radius 2 is 1.47 bits per heavy atom. The Morgan fingerprint density at radius 1 is 0.889 bits per heavy atom. The lowest BCUT2D eigenvalue weighted by Crippen LogP contribution is -2.51. The second-order valence-corrected chi connectivity index (χ2v) is 8.11. The van der Waals surface area contributed by atoms with Crippen molar-refractivity contribution < 1.29 is 27.5 Å². The van der Waals surface area contributed by atoms with Crippen molar-refractivity contribution in [2.75, 3.05) is 38.1 Å². The molecule has 36 heavy (non-hydrogen) atoms. The van der Waals surface area contributed by atoms with E-state index in [1.807, 2.05) is 31.2 Å². The molecule has 2 aromatic carbocycles. The topological polar surface area (TPSA) is 74.8 Å². The molecule has 2 amide bonds. The van der Waals surface area contributed by atoms with Crippen LogP contribution in [0.15, 0.2) is 66.9 Å². The van der Waals surface area contributed by atoms with E-state index in [2.05, 4.69) is 10.3 Å². The van der Waals surface area contributed by atoms with Crippen molar-refractivity contribution in [3.8, 4) is 5.75 Å². The molecule has 0 bridgehead atoms. The number of ether oxygens (including phenoxy) is 1. The molecule has 1 saturated heterocycles. The number of piperazine rings is 1. The number of alkyl halides is 3. The van der Waals surface area contributed by atoms with Gasteiger partial charge >= 0.3 is 6.18 Å². The number of aromatic nitrogens is 1. The van der Waals surface area contributed by atoms with E-state index in [1.165, 1.54) is 23.1 Å². The van der Waals surface area contributed by atoms with Crippen LogP contribution < -0.4 is 10.1 Å². The first-order chi connectivity index (χ1) is 17.3. The van der Waals surface area contributed by atoms with Gasteiger partial charge in [-0.05, 0) is 55.5 Å². The van der Waals surface area contributed by atoms with Crippen molar-refractivity contribution >= 4 is 23.3 Å². The number of benzene rings is 2. The number of carbonyl (C=O) groups excluding carboxylic acids is 2. The lowest BCUT2D eigenvalue weighted by molar-refractivity contribution is -0.138. The molecule has 10 heteroatoms. The predicted octanol–water partition coefficient (Wildman–Crippen LogP) is 4.84. The number of anilines is 2. The summed E-state index contributed by atoms with van der Waals surface area (Å²) < 4.78 is 45.5. The van der Waals surface area contributed by atoms with Crippen molar-refractivity contribution in [2.24, 2.45) is 0 Å². The standard InChI is InChI=1S/C26H25F3N4O3/c1-2-36-19-11-9-18(10-12-19)31-23-21(7-5-13-30-23)25(35)33-16-14-32(15-17-33)24(34)20-6-3-4-8-22(20)26(27,28)29/h3-13H,2,14-17H2,1H3,(H,30,31). The minimum absolute atomic E-state index is 0.124. The Balaban J connectivity index is 1.43. The largest absolute Gasteiger partial charge is 0.494 e. The van der Waals surface area contributed by atoms with Crippen LogP contribution in [-0.4, -0.2) is 59.4 Å². The number of nitrogens with one attached hydrogen (secondary N) is 1. The summed E-state index contributed by atoms with van der Waals surface area (Å²) in [5.41, 5.74) is -0.272. The van der Waals surface area contributed by atoms with E-state index in [4.69, 9.17) is 4.74 Å². The molecule has 1 aliphatic heterocycles. The van der Waals surface area contributed by atoms with Gasteiger partial charge in [-0.1, -0.05) is 12.1 Å². The molecule has 0 saturated carbocycles. The van der Waals surface area contributed by atoms with Crippen LogP contribution in [0.4, 0.5) is 24.7 Å². The van der Waals surface area contributed by atoms with Gasteiger partial charge < -0.3 is 19.9 Å². The van der Waals surface area contributed by atoms with E-state index >= 15 is 0 Å². The van der Waals surface area contributed by atoms with E-state index in [-0.39, 0.29) is 37.6 Å². The molecular weight excluding hydrogens is 473 g/mol. The molecule has 4 rings (SSSR count). The van der Waals surface area contributed by atoms with Crippen molar-refractivity contribution in [1.82, 2.24) is 14.8 Å². The highest BCUT2D eigenvalue weighted by molar-refractivity contribution is 6.00. The van der Waals surface area contributed by atoms with Gasteiger partial charge in [0.25, 0.3) is 11.8 Å². The second-order valence-electron chi connectivity index (χ2n) is 8.11. The zero-order valence-electron chi connectivity index (χ0n) is 19.6. The maximum atomic E-state index is 13.3. The minimum atomic E-state index is -4.63. The van der Waals surface area contributed by atoms with E-state index in [1.54, 1.807) is 23.2 Å². The molecule has 1 aliphatic rings. The van der Waals surface area contributed by atoms with Gasteiger partial charge in [0.05, 0.1) is 23.3 Å². The van der Waals surface area contributed by atoms with Gasteiger partial charge in [-0.2, -0.15) is 13.2 Å². The first kappa shape index (κ1) is 25.0. The van der Waals surface area contributed by atoms with Crippen LogP contribution in [-0.2, 0) is 6.18 Å². The first-order valence-corrected chi connectivity index (χ1v) is 11.5. The summed E-state index contributed by atoms with van der Waals surface area (Å²) in [5.74, 6) is 0.128. The van der Waals surface area contributed by atoms with Gasteiger partial charge in [0.1, 0.15) is 11.6 Å². The van der Waals surface area contributed by atoms with Crippen LogP contribution in [0.5, 0.6) is 5.75 Å². The first-order valence-electron chi connectivity index (χ1n) is 11.5. The number of nitrogens with zero attached hydrogens (tertiary/aromatic N) is 3. The Labute approximate surface area is 206 Å². The van der Waals surface area contributed by atoms with Crippen LogP contribution in [0.1, 0.15) is 33.2 Å². The molecule has 0 atom stereocenters. The molecule has 2 heterocycles. The molecule has 7 nitrogen and oxygen atoms in total. The quantitative estimate of drug-likeness (QED) is 0.527. The van der Waals surface area contributed by atoms with Gasteiger partial charge in [0.15, 0.2) is 0 Å². The van der Waals surface area contributed by atoms with E-state index < -0.39 is 17.6 Å². The highest BCUT2D eigenvalue weighted by Crippen LogP contribution is 2.32. The van der Waals surface area contributed by atoms with Gasteiger partial charge in [0.2, 0.25) is 0 Å². The summed E-state index contributed by atoms with van der Waals surface area (Å²) in [6.07, 6.45) is -3.06. The maximum Gasteiger partial charge on any atom is 0.417 e. The van der Waals surface area contributed by atoms with Crippen molar-refractivity contribution in [1.29, 1.82) is 0 Å². The predicted molar refractivity (Wildman–Crippen MR) is 128 cm³/mol. The fourth-order valence-corrected chi connectivity index (χ4v) is 3.99. The third kappa shape index (κ3) is 5.59. The molecular formula is C26H25F3N4O3. The summed E-state index contributed by atoms with van der Waals surface area (Å²) in [6, 6.07) is 15.3. The SMILES string of the molecule is CCOc1ccc(Nc2ncccc2C(=O)N2CCN(C(=O)c3ccccc3C(F)(F)F)CC2)cc1. The molecule has 1 aromatic heterocycles. The van der Waals surface area contributed by atoms with E-state index in [0.717, 1.165) is 17.5 Å². The Morgan fingerprint density at radius 3 is 2.08 bits per heavy atom. The molecule has 3 aromatic rings. The fraction of sp³-hybridized carbons (Fsp3) is 0.269. The fourth-order valence-electron chi connectivity index (χ4n) is 3.99. The van der Waals surface area contributed by atoms with Gasteiger partial charge in [-0.25, -0.2) is 4.98 Å². The second kappa shape index (κ2) is 10.7. The molecule has 1 fully saturated rings. The van der Waals surface area contributed by atoms with Crippen LogP contribution in [0.3, 0.4) is 0 Å². The van der Waals surface area contributed by atoms with Crippen LogP contribution in [0.25, 0.3) is 0 Å². The van der Waals surface area contributed by atoms with Crippen LogP contribution in [0.2, 0.25) is 0 Å². The minimum Gasteiger partial charge on any atom is -0.494 e. The lowest BCUT2D eigenvalue weighted by atomic mass is 10.1. The number of hydrogen-bond donors (Lipinski definition) is 1. The van der Waals surface area contributed by atoms with E-state index in [0.29, 0.717) is 18.0 Å². The Kier molecular flexibility index (Phi) is 7.42. The van der Waals surface area contributed by atoms with Crippen LogP contribution in [0, 0.1) is 0 Å². The molecule has 0 aliphatic carbocycles. The molecule has 0 spiro atoms. The monoisotopic (exact) mass is 498 g/mol. The zero-order valence-corrected chi connectivity index (χ0v) is 19.6. The molecule has 188 valence electrons. The summed E-state index contributed by atoms with van der Waals surface area (Å²) in [7, 11) is 0. The number of rotatable bonds is 6. The third-order valence-electron chi connectivity index (χ3n) is 5.78. The zero-order chi connectivity index (χ0) is 25.7. The van der Waals surface area contributed by atoms with Crippen molar-refractivity contribution in [3.63, 3.8) is 0 Å². The van der Waals surface area contributed by atoms with Gasteiger partial charge in [-0.3, -0.25) is 9.59 Å². The Bertz CT molecular complexity index is 1220. The van der Waals surface area contributed by atoms with Gasteiger partial charge in [0, 0.05) is 38.1 Å². The van der Waals surface area contributed by atoms with Crippen molar-refractivity contribution in [3.05, 3.63) is 83.6 Å². The average molecular weight is 499 g/mol. The summed E-state index contributed by atoms with van der Waals surface area (Å²) in [6.45, 7) is 3.08. The summed E-state index contributed by atoms with van der Waals surface area (Å²) >= 11 is 0. The Hall–Kier alpha value is -4.08. The maximum absolute atomic E-state index is 13.3. The van der Waals surface area contributed by atoms with E-state index in [9.17, 15) is 22.8 Å².